The van der Waals surface area contributed by atoms with Crippen molar-refractivity contribution in [3.05, 3.63) is 65.4 Å². The van der Waals surface area contributed by atoms with E-state index in [9.17, 15) is 26.4 Å². The molecule has 1 heterocycles. The lowest BCUT2D eigenvalue weighted by atomic mass is 10.1. The summed E-state index contributed by atoms with van der Waals surface area (Å²) in [7, 11) is -2.93. The Kier molecular flexibility index (Phi) is 6.31. The third-order valence-corrected chi connectivity index (χ3v) is 6.57. The fraction of sp³-hybridized carbons (Fsp3) is 0.238. The summed E-state index contributed by atoms with van der Waals surface area (Å²) in [6.07, 6.45) is -3.38. The number of sulfonamides is 1. The van der Waals surface area contributed by atoms with E-state index in [1.807, 2.05) is 0 Å². The lowest BCUT2D eigenvalue weighted by Crippen LogP contribution is -2.31. The van der Waals surface area contributed by atoms with Crippen molar-refractivity contribution < 1.29 is 35.5 Å². The van der Waals surface area contributed by atoms with Crippen molar-refractivity contribution in [2.45, 2.75) is 24.9 Å². The van der Waals surface area contributed by atoms with Crippen LogP contribution in [-0.2, 0) is 20.9 Å². The highest BCUT2D eigenvalue weighted by molar-refractivity contribution is 7.92. The summed E-state index contributed by atoms with van der Waals surface area (Å²) in [4.78, 5) is 15.9. The third-order valence-electron chi connectivity index (χ3n) is 4.70. The van der Waals surface area contributed by atoms with Gasteiger partial charge in [0.25, 0.3) is 10.0 Å². The van der Waals surface area contributed by atoms with E-state index in [1.165, 1.54) is 37.4 Å². The number of carbonyl (C=O) groups excluding carboxylic acids is 1. The molecule has 7 nitrogen and oxygen atoms in total. The number of methoxy groups -OCH3 is 1. The molecule has 2 aromatic carbocycles. The Labute approximate surface area is 182 Å². The van der Waals surface area contributed by atoms with Crippen LogP contribution in [0.1, 0.15) is 28.4 Å². The predicted octanol–water partition coefficient (Wildman–Crippen LogP) is 4.67. The molecule has 3 rings (SSSR count). The summed E-state index contributed by atoms with van der Waals surface area (Å²) < 4.78 is 75.7. The average molecular weight is 468 g/mol. The second-order valence-electron chi connectivity index (χ2n) is 6.72. The summed E-state index contributed by atoms with van der Waals surface area (Å²) in [5, 5.41) is 0. The van der Waals surface area contributed by atoms with Gasteiger partial charge in [0, 0.05) is 12.1 Å². The van der Waals surface area contributed by atoms with Crippen molar-refractivity contribution in [3.63, 3.8) is 0 Å². The molecular formula is C21H19F3N2O5S. The lowest BCUT2D eigenvalue weighted by Gasteiger charge is -2.20. The van der Waals surface area contributed by atoms with E-state index < -0.39 is 27.7 Å². The van der Waals surface area contributed by atoms with E-state index in [1.54, 1.807) is 13.8 Å². The van der Waals surface area contributed by atoms with Crippen molar-refractivity contribution in [2.75, 3.05) is 18.0 Å². The molecule has 32 heavy (non-hydrogen) atoms. The Balaban J connectivity index is 1.96. The number of aryl methyl sites for hydroxylation is 1. The van der Waals surface area contributed by atoms with Crippen LogP contribution in [-0.4, -0.2) is 33.0 Å². The van der Waals surface area contributed by atoms with Crippen molar-refractivity contribution in [2.24, 2.45) is 0 Å². The number of alkyl halides is 3. The lowest BCUT2D eigenvalue weighted by molar-refractivity contribution is -0.137. The molecule has 0 saturated carbocycles. The second kappa shape index (κ2) is 8.65. The predicted molar refractivity (Wildman–Crippen MR) is 110 cm³/mol. The van der Waals surface area contributed by atoms with Gasteiger partial charge in [-0.2, -0.15) is 18.2 Å². The first-order valence-corrected chi connectivity index (χ1v) is 10.8. The number of hydrogen-bond acceptors (Lipinski definition) is 6. The number of ether oxygens (including phenoxy) is 1. The van der Waals surface area contributed by atoms with Crippen LogP contribution in [0.15, 0.2) is 58.0 Å². The molecule has 0 fully saturated rings. The molecule has 0 spiro atoms. The van der Waals surface area contributed by atoms with Gasteiger partial charge in [0.15, 0.2) is 5.82 Å². The molecule has 0 N–H and O–H groups in total. The van der Waals surface area contributed by atoms with Crippen molar-refractivity contribution in [1.29, 1.82) is 0 Å². The van der Waals surface area contributed by atoms with Gasteiger partial charge < -0.3 is 9.15 Å². The molecule has 0 aliphatic rings. The Morgan fingerprint density at radius 3 is 2.38 bits per heavy atom. The quantitative estimate of drug-likeness (QED) is 0.489. The minimum atomic E-state index is -4.48. The van der Waals surface area contributed by atoms with Crippen LogP contribution < -0.4 is 4.31 Å². The molecule has 0 aliphatic heterocycles. The molecule has 0 atom stereocenters. The van der Waals surface area contributed by atoms with Crippen molar-refractivity contribution in [1.82, 2.24) is 4.98 Å². The maximum Gasteiger partial charge on any atom is 0.416 e. The molecule has 170 valence electrons. The SMILES string of the molecule is CCN(c1coc(-c2ccc(C(F)(F)F)cc2)n1)S(=O)(=O)c1ccc(C)c(C(=O)OC)c1. The minimum absolute atomic E-state index is 0.0112. The van der Waals surface area contributed by atoms with E-state index in [-0.39, 0.29) is 34.3 Å². The standard InChI is InChI=1S/C21H19F3N2O5S/c1-4-26(32(28,29)16-10-5-13(2)17(11-16)20(27)30-3)18-12-31-19(25-18)14-6-8-15(9-7-14)21(22,23)24/h5-12H,4H2,1-3H3. The Morgan fingerprint density at radius 1 is 1.16 bits per heavy atom. The first kappa shape index (κ1) is 23.3. The van der Waals surface area contributed by atoms with Gasteiger partial charge in [-0.3, -0.25) is 0 Å². The molecule has 0 radical (unpaired) electrons. The average Bonchev–Trinajstić information content (AvgIpc) is 3.22. The number of rotatable bonds is 6. The first-order valence-electron chi connectivity index (χ1n) is 9.34. The van der Waals surface area contributed by atoms with Crippen LogP contribution in [0, 0.1) is 6.92 Å². The van der Waals surface area contributed by atoms with Gasteiger partial charge in [-0.05, 0) is 55.8 Å². The summed E-state index contributed by atoms with van der Waals surface area (Å²) in [6.45, 7) is 3.22. The fourth-order valence-corrected chi connectivity index (χ4v) is 4.42. The van der Waals surface area contributed by atoms with Gasteiger partial charge in [-0.1, -0.05) is 6.07 Å². The maximum absolute atomic E-state index is 13.2. The molecule has 0 aliphatic carbocycles. The summed E-state index contributed by atoms with van der Waals surface area (Å²) in [5.41, 5.74) is 0.0766. The van der Waals surface area contributed by atoms with E-state index in [2.05, 4.69) is 4.98 Å². The van der Waals surface area contributed by atoms with Crippen LogP contribution in [0.5, 0.6) is 0 Å². The number of anilines is 1. The number of hydrogen-bond donors (Lipinski definition) is 0. The topological polar surface area (TPSA) is 89.7 Å². The van der Waals surface area contributed by atoms with E-state index in [0.717, 1.165) is 22.7 Å². The minimum Gasteiger partial charge on any atom is -0.465 e. The van der Waals surface area contributed by atoms with E-state index in [4.69, 9.17) is 9.15 Å². The van der Waals surface area contributed by atoms with Crippen LogP contribution in [0.3, 0.4) is 0 Å². The Bertz CT molecular complexity index is 1240. The van der Waals surface area contributed by atoms with Crippen molar-refractivity contribution >= 4 is 21.8 Å². The van der Waals surface area contributed by atoms with Gasteiger partial charge in [-0.25, -0.2) is 17.5 Å². The largest absolute Gasteiger partial charge is 0.465 e. The monoisotopic (exact) mass is 468 g/mol. The molecule has 11 heteroatoms. The molecule has 0 saturated heterocycles. The first-order chi connectivity index (χ1) is 15.0. The smallest absolute Gasteiger partial charge is 0.416 e. The number of esters is 1. The number of aromatic nitrogens is 1. The van der Waals surface area contributed by atoms with E-state index in [0.29, 0.717) is 5.56 Å². The van der Waals surface area contributed by atoms with Gasteiger partial charge in [0.1, 0.15) is 6.26 Å². The highest BCUT2D eigenvalue weighted by Gasteiger charge is 2.31. The third kappa shape index (κ3) is 4.47. The van der Waals surface area contributed by atoms with E-state index >= 15 is 0 Å². The van der Waals surface area contributed by atoms with Gasteiger partial charge in [-0.15, -0.1) is 0 Å². The zero-order chi connectivity index (χ0) is 23.7. The number of nitrogens with zero attached hydrogens (tertiary/aromatic N) is 2. The molecule has 0 bridgehead atoms. The fourth-order valence-electron chi connectivity index (χ4n) is 2.99. The molecule has 3 aromatic rings. The second-order valence-corrected chi connectivity index (χ2v) is 8.59. The maximum atomic E-state index is 13.2. The summed E-state index contributed by atoms with van der Waals surface area (Å²) in [5.74, 6) is -0.766. The highest BCUT2D eigenvalue weighted by atomic mass is 32.2. The number of halogens is 3. The molecule has 0 amide bonds. The molecular weight excluding hydrogens is 449 g/mol. The number of carbonyl (C=O) groups is 1. The zero-order valence-electron chi connectivity index (χ0n) is 17.3. The summed E-state index contributed by atoms with van der Waals surface area (Å²) >= 11 is 0. The van der Waals surface area contributed by atoms with Crippen molar-refractivity contribution in [3.8, 4) is 11.5 Å². The van der Waals surface area contributed by atoms with Crippen LogP contribution in [0.25, 0.3) is 11.5 Å². The van der Waals surface area contributed by atoms with Gasteiger partial charge in [0.05, 0.1) is 23.1 Å². The van der Waals surface area contributed by atoms with Crippen LogP contribution in [0.2, 0.25) is 0 Å². The summed E-state index contributed by atoms with van der Waals surface area (Å²) in [6, 6.07) is 8.20. The van der Waals surface area contributed by atoms with Crippen LogP contribution in [0.4, 0.5) is 19.0 Å². The number of oxazole rings is 1. The molecule has 0 unspecified atom stereocenters. The van der Waals surface area contributed by atoms with Crippen LogP contribution >= 0.6 is 0 Å². The highest BCUT2D eigenvalue weighted by Crippen LogP contribution is 2.32. The Hall–Kier alpha value is -3.34. The molecule has 1 aromatic heterocycles. The zero-order valence-corrected chi connectivity index (χ0v) is 18.1. The Morgan fingerprint density at radius 2 is 1.81 bits per heavy atom. The van der Waals surface area contributed by atoms with Gasteiger partial charge in [0.2, 0.25) is 5.89 Å². The number of benzene rings is 2. The van der Waals surface area contributed by atoms with Gasteiger partial charge >= 0.3 is 12.1 Å². The normalized spacial score (nSPS) is 11.9.